The van der Waals surface area contributed by atoms with Crippen LogP contribution in [-0.4, -0.2) is 49.3 Å². The normalized spacial score (nSPS) is 21.2. The van der Waals surface area contributed by atoms with E-state index in [2.05, 4.69) is 5.10 Å². The highest BCUT2D eigenvalue weighted by atomic mass is 16.4. The first-order valence-electron chi connectivity index (χ1n) is 9.03. The van der Waals surface area contributed by atoms with Crippen LogP contribution >= 0.6 is 0 Å². The summed E-state index contributed by atoms with van der Waals surface area (Å²) in [5, 5.41) is 13.5. The molecule has 26 heavy (non-hydrogen) atoms. The van der Waals surface area contributed by atoms with Gasteiger partial charge in [0.15, 0.2) is 0 Å². The van der Waals surface area contributed by atoms with Gasteiger partial charge in [-0.05, 0) is 50.7 Å². The van der Waals surface area contributed by atoms with E-state index in [4.69, 9.17) is 0 Å². The lowest BCUT2D eigenvalue weighted by molar-refractivity contribution is -0.139. The number of aryl methyl sites for hydroxylation is 3. The zero-order chi connectivity index (χ0) is 18.6. The van der Waals surface area contributed by atoms with Gasteiger partial charge in [0.25, 0.3) is 5.91 Å². The van der Waals surface area contributed by atoms with E-state index < -0.39 is 5.97 Å². The van der Waals surface area contributed by atoms with Crippen molar-refractivity contribution in [2.24, 2.45) is 18.4 Å². The van der Waals surface area contributed by atoms with Gasteiger partial charge in [-0.2, -0.15) is 5.10 Å². The number of carboxylic acid groups (broad SMARTS) is 1. The summed E-state index contributed by atoms with van der Waals surface area (Å²) in [5.74, 6) is -0.162. The number of aliphatic carboxylic acids is 1. The number of rotatable bonds is 3. The van der Waals surface area contributed by atoms with Crippen molar-refractivity contribution >= 4 is 11.9 Å². The number of nitrogens with zero attached hydrogens (tertiary/aromatic N) is 4. The van der Waals surface area contributed by atoms with Crippen LogP contribution in [0.2, 0.25) is 0 Å². The van der Waals surface area contributed by atoms with Gasteiger partial charge in [0.05, 0.1) is 12.1 Å². The van der Waals surface area contributed by atoms with Crippen molar-refractivity contribution in [3.63, 3.8) is 0 Å². The second-order valence-corrected chi connectivity index (χ2v) is 7.71. The molecule has 4 rings (SSSR count). The third-order valence-corrected chi connectivity index (χ3v) is 6.16. The second-order valence-electron chi connectivity index (χ2n) is 7.71. The Morgan fingerprint density at radius 1 is 1.19 bits per heavy atom. The minimum atomic E-state index is -0.696. The third kappa shape index (κ3) is 2.45. The molecule has 2 aliphatic rings. The van der Waals surface area contributed by atoms with E-state index in [9.17, 15) is 14.7 Å². The zero-order valence-electron chi connectivity index (χ0n) is 15.4. The van der Waals surface area contributed by atoms with E-state index in [1.165, 1.54) is 0 Å². The predicted octanol–water partition coefficient (Wildman–Crippen LogP) is 2.15. The van der Waals surface area contributed by atoms with Crippen LogP contribution in [0.25, 0.3) is 5.82 Å². The maximum Gasteiger partial charge on any atom is 0.307 e. The Balaban J connectivity index is 1.57. The summed E-state index contributed by atoms with van der Waals surface area (Å²) in [5.41, 5.74) is 2.63. The van der Waals surface area contributed by atoms with Gasteiger partial charge in [-0.15, -0.1) is 0 Å². The molecule has 1 unspecified atom stereocenters. The maximum absolute atomic E-state index is 13.1. The molecule has 1 atom stereocenters. The van der Waals surface area contributed by atoms with Gasteiger partial charge in [-0.1, -0.05) is 0 Å². The summed E-state index contributed by atoms with van der Waals surface area (Å²) in [6, 6.07) is 4.06. The van der Waals surface area contributed by atoms with Crippen molar-refractivity contribution in [1.29, 1.82) is 0 Å². The van der Waals surface area contributed by atoms with Gasteiger partial charge < -0.3 is 14.6 Å². The SMILES string of the molecule is Cc1ccc(C)n1-c1c(C(=O)N2CCC3(CC2)CC3C(=O)O)cnn1C. The predicted molar refractivity (Wildman–Crippen MR) is 95.3 cm³/mol. The highest BCUT2D eigenvalue weighted by molar-refractivity contribution is 5.97. The average Bonchev–Trinajstić information content (AvgIpc) is 3.04. The molecule has 1 amide bonds. The molecule has 7 heteroatoms. The van der Waals surface area contributed by atoms with Gasteiger partial charge in [0, 0.05) is 31.5 Å². The molecular formula is C19H24N4O3. The van der Waals surface area contributed by atoms with Gasteiger partial charge in [0.1, 0.15) is 11.4 Å². The third-order valence-electron chi connectivity index (χ3n) is 6.16. The summed E-state index contributed by atoms with van der Waals surface area (Å²) in [6.07, 6.45) is 3.93. The van der Waals surface area contributed by atoms with Crippen molar-refractivity contribution < 1.29 is 14.7 Å². The van der Waals surface area contributed by atoms with Crippen molar-refractivity contribution in [3.8, 4) is 5.82 Å². The number of carbonyl (C=O) groups is 2. The average molecular weight is 356 g/mol. The van der Waals surface area contributed by atoms with E-state index in [0.717, 1.165) is 36.5 Å². The highest BCUT2D eigenvalue weighted by Crippen LogP contribution is 2.59. The maximum atomic E-state index is 13.1. The van der Waals surface area contributed by atoms with Gasteiger partial charge in [-0.25, -0.2) is 0 Å². The number of piperidine rings is 1. The van der Waals surface area contributed by atoms with Crippen LogP contribution in [0.1, 0.15) is 41.0 Å². The minimum Gasteiger partial charge on any atom is -0.481 e. The van der Waals surface area contributed by atoms with Crippen LogP contribution in [0.4, 0.5) is 0 Å². The minimum absolute atomic E-state index is 0.0250. The van der Waals surface area contributed by atoms with Crippen LogP contribution in [-0.2, 0) is 11.8 Å². The molecule has 1 aliphatic carbocycles. The lowest BCUT2D eigenvalue weighted by atomic mass is 9.90. The molecule has 0 aromatic carbocycles. The topological polar surface area (TPSA) is 80.4 Å². The molecule has 1 N–H and O–H groups in total. The first-order valence-corrected chi connectivity index (χ1v) is 9.03. The highest BCUT2D eigenvalue weighted by Gasteiger charge is 2.59. The molecule has 1 saturated heterocycles. The molecular weight excluding hydrogens is 332 g/mol. The molecule has 2 aromatic rings. The largest absolute Gasteiger partial charge is 0.481 e. The van der Waals surface area contributed by atoms with E-state index >= 15 is 0 Å². The van der Waals surface area contributed by atoms with Crippen LogP contribution in [0.15, 0.2) is 18.3 Å². The molecule has 3 heterocycles. The summed E-state index contributed by atoms with van der Waals surface area (Å²) in [7, 11) is 1.85. The Hall–Kier alpha value is -2.57. The number of carbonyl (C=O) groups excluding carboxylic acids is 1. The second kappa shape index (κ2) is 5.72. The van der Waals surface area contributed by atoms with Gasteiger partial charge in [-0.3, -0.25) is 14.3 Å². The van der Waals surface area contributed by atoms with Crippen molar-refractivity contribution in [2.75, 3.05) is 13.1 Å². The van der Waals surface area contributed by atoms with Crippen LogP contribution in [0, 0.1) is 25.2 Å². The van der Waals surface area contributed by atoms with E-state index in [1.54, 1.807) is 10.9 Å². The quantitative estimate of drug-likeness (QED) is 0.914. The number of carboxylic acids is 1. The fourth-order valence-corrected chi connectivity index (χ4v) is 4.42. The summed E-state index contributed by atoms with van der Waals surface area (Å²) in [6.45, 7) is 5.25. The van der Waals surface area contributed by atoms with Gasteiger partial charge in [0.2, 0.25) is 0 Å². The smallest absolute Gasteiger partial charge is 0.307 e. The van der Waals surface area contributed by atoms with Crippen LogP contribution in [0.5, 0.6) is 0 Å². The first kappa shape index (κ1) is 16.9. The van der Waals surface area contributed by atoms with Crippen molar-refractivity contribution in [3.05, 3.63) is 35.3 Å². The molecule has 2 aromatic heterocycles. The number of aromatic nitrogens is 3. The van der Waals surface area contributed by atoms with Crippen molar-refractivity contribution in [1.82, 2.24) is 19.2 Å². The Morgan fingerprint density at radius 3 is 2.35 bits per heavy atom. The number of amides is 1. The van der Waals surface area contributed by atoms with Gasteiger partial charge >= 0.3 is 5.97 Å². The molecule has 1 saturated carbocycles. The molecule has 0 bridgehead atoms. The lowest BCUT2D eigenvalue weighted by Gasteiger charge is -2.32. The lowest BCUT2D eigenvalue weighted by Crippen LogP contribution is -2.40. The zero-order valence-corrected chi connectivity index (χ0v) is 15.4. The Kier molecular flexibility index (Phi) is 3.71. The van der Waals surface area contributed by atoms with E-state index in [1.807, 2.05) is 42.5 Å². The molecule has 138 valence electrons. The van der Waals surface area contributed by atoms with Crippen LogP contribution < -0.4 is 0 Å². The van der Waals surface area contributed by atoms with Crippen molar-refractivity contribution in [2.45, 2.75) is 33.1 Å². The molecule has 1 spiro atoms. The Morgan fingerprint density at radius 2 is 1.81 bits per heavy atom. The fraction of sp³-hybridized carbons (Fsp3) is 0.526. The summed E-state index contributed by atoms with van der Waals surface area (Å²) < 4.78 is 3.78. The molecule has 2 fully saturated rings. The summed E-state index contributed by atoms with van der Waals surface area (Å²) in [4.78, 5) is 26.2. The number of likely N-dealkylation sites (tertiary alicyclic amines) is 1. The fourth-order valence-electron chi connectivity index (χ4n) is 4.42. The Bertz CT molecular complexity index is 867. The van der Waals surface area contributed by atoms with Crippen LogP contribution in [0.3, 0.4) is 0 Å². The molecule has 0 radical (unpaired) electrons. The monoisotopic (exact) mass is 356 g/mol. The molecule has 7 nitrogen and oxygen atoms in total. The first-order chi connectivity index (χ1) is 12.3. The van der Waals surface area contributed by atoms with E-state index in [-0.39, 0.29) is 17.2 Å². The Labute approximate surface area is 152 Å². The number of hydrogen-bond donors (Lipinski definition) is 1. The number of hydrogen-bond acceptors (Lipinski definition) is 3. The summed E-state index contributed by atoms with van der Waals surface area (Å²) >= 11 is 0. The molecule has 1 aliphatic heterocycles. The van der Waals surface area contributed by atoms with E-state index in [0.29, 0.717) is 18.7 Å². The standard InChI is InChI=1S/C19H24N4O3/c1-12-4-5-13(2)23(12)16-14(11-20-21(16)3)17(24)22-8-6-19(7-9-22)10-15(19)18(25)26/h4-5,11,15H,6-10H2,1-3H3,(H,25,26).